The van der Waals surface area contributed by atoms with Crippen LogP contribution in [0.3, 0.4) is 0 Å². The first kappa shape index (κ1) is 22.9. The van der Waals surface area contributed by atoms with E-state index in [4.69, 9.17) is 11.6 Å². The number of aryl methyl sites for hydroxylation is 1. The van der Waals surface area contributed by atoms with E-state index in [1.807, 2.05) is 31.2 Å². The van der Waals surface area contributed by atoms with E-state index < -0.39 is 0 Å². The molecule has 3 rings (SSSR count). The summed E-state index contributed by atoms with van der Waals surface area (Å²) < 4.78 is 0. The van der Waals surface area contributed by atoms with Gasteiger partial charge in [0.25, 0.3) is 0 Å². The fourth-order valence-electron chi connectivity index (χ4n) is 3.05. The van der Waals surface area contributed by atoms with Crippen LogP contribution in [0, 0.1) is 6.92 Å². The SMILES string of the molecule is Cc1nc2c(c(NC(CO)Cc3ccc(Cl)cc3)n1)CCNCC2.Cl.Cl. The molecule has 1 aromatic heterocycles. The van der Waals surface area contributed by atoms with Gasteiger partial charge in [0.2, 0.25) is 0 Å². The lowest BCUT2D eigenvalue weighted by Gasteiger charge is -2.20. The molecule has 0 saturated heterocycles. The molecule has 1 aromatic carbocycles. The molecule has 1 aliphatic rings. The third kappa shape index (κ3) is 5.96. The number of rotatable bonds is 5. The second kappa shape index (κ2) is 10.9. The van der Waals surface area contributed by atoms with Crippen LogP contribution in [0.4, 0.5) is 5.82 Å². The van der Waals surface area contributed by atoms with Gasteiger partial charge in [-0.05, 0) is 44.0 Å². The number of aromatic nitrogens is 2. The summed E-state index contributed by atoms with van der Waals surface area (Å²) in [5.41, 5.74) is 3.41. The summed E-state index contributed by atoms with van der Waals surface area (Å²) in [7, 11) is 0. The molecular formula is C18H25Cl3N4O. The number of nitrogens with zero attached hydrogens (tertiary/aromatic N) is 2. The zero-order valence-electron chi connectivity index (χ0n) is 14.7. The van der Waals surface area contributed by atoms with Gasteiger partial charge in [-0.2, -0.15) is 0 Å². The van der Waals surface area contributed by atoms with Crippen molar-refractivity contribution < 1.29 is 5.11 Å². The van der Waals surface area contributed by atoms with Crippen molar-refractivity contribution in [2.24, 2.45) is 0 Å². The van der Waals surface area contributed by atoms with Gasteiger partial charge in [0.15, 0.2) is 0 Å². The van der Waals surface area contributed by atoms with Crippen LogP contribution in [-0.2, 0) is 19.3 Å². The van der Waals surface area contributed by atoms with Crippen LogP contribution < -0.4 is 10.6 Å². The molecule has 144 valence electrons. The van der Waals surface area contributed by atoms with E-state index in [-0.39, 0.29) is 37.5 Å². The lowest BCUT2D eigenvalue weighted by Crippen LogP contribution is -2.28. The van der Waals surface area contributed by atoms with E-state index in [1.54, 1.807) is 0 Å². The van der Waals surface area contributed by atoms with Crippen LogP contribution >= 0.6 is 36.4 Å². The Kier molecular flexibility index (Phi) is 9.61. The Labute approximate surface area is 171 Å². The van der Waals surface area contributed by atoms with Crippen molar-refractivity contribution in [1.82, 2.24) is 15.3 Å². The highest BCUT2D eigenvalue weighted by atomic mass is 35.5. The molecule has 0 saturated carbocycles. The summed E-state index contributed by atoms with van der Waals surface area (Å²) in [6.07, 6.45) is 2.52. The quantitative estimate of drug-likeness (QED) is 0.695. The number of nitrogens with one attached hydrogen (secondary N) is 2. The number of aliphatic hydroxyl groups excluding tert-OH is 1. The normalized spacial score (nSPS) is 14.3. The standard InChI is InChI=1S/C18H23ClN4O.2ClH/c1-12-21-17-7-9-20-8-6-16(17)18(22-12)23-15(11-24)10-13-2-4-14(19)5-3-13;;/h2-5,15,20,24H,6-11H2,1H3,(H,21,22,23);2*1H. The molecule has 0 spiro atoms. The van der Waals surface area contributed by atoms with Crippen LogP contribution in [0.25, 0.3) is 0 Å². The zero-order valence-corrected chi connectivity index (χ0v) is 17.1. The first-order valence-electron chi connectivity index (χ1n) is 8.34. The van der Waals surface area contributed by atoms with Crippen LogP contribution in [0.15, 0.2) is 24.3 Å². The molecular weight excluding hydrogens is 395 g/mol. The lowest BCUT2D eigenvalue weighted by atomic mass is 10.1. The Morgan fingerprint density at radius 2 is 1.85 bits per heavy atom. The first-order valence-corrected chi connectivity index (χ1v) is 8.72. The van der Waals surface area contributed by atoms with Gasteiger partial charge in [0.1, 0.15) is 11.6 Å². The van der Waals surface area contributed by atoms with Gasteiger partial charge in [-0.1, -0.05) is 23.7 Å². The summed E-state index contributed by atoms with van der Waals surface area (Å²) in [6.45, 7) is 3.82. The van der Waals surface area contributed by atoms with Gasteiger partial charge >= 0.3 is 0 Å². The van der Waals surface area contributed by atoms with Crippen LogP contribution in [-0.4, -0.2) is 40.8 Å². The fraction of sp³-hybridized carbons (Fsp3) is 0.444. The van der Waals surface area contributed by atoms with Crippen LogP contribution in [0.1, 0.15) is 22.6 Å². The number of anilines is 1. The summed E-state index contributed by atoms with van der Waals surface area (Å²) in [5.74, 6) is 1.62. The maximum absolute atomic E-state index is 9.79. The van der Waals surface area contributed by atoms with Crippen LogP contribution in [0.5, 0.6) is 0 Å². The zero-order chi connectivity index (χ0) is 16.9. The second-order valence-electron chi connectivity index (χ2n) is 6.15. The predicted molar refractivity (Wildman–Crippen MR) is 111 cm³/mol. The van der Waals surface area contributed by atoms with E-state index in [0.29, 0.717) is 6.42 Å². The molecule has 26 heavy (non-hydrogen) atoms. The third-order valence-corrected chi connectivity index (χ3v) is 4.50. The third-order valence-electron chi connectivity index (χ3n) is 4.25. The highest BCUT2D eigenvalue weighted by molar-refractivity contribution is 6.30. The Morgan fingerprint density at radius 3 is 2.54 bits per heavy atom. The molecule has 8 heteroatoms. The minimum atomic E-state index is -0.0965. The average Bonchev–Trinajstić information content (AvgIpc) is 2.81. The fourth-order valence-corrected chi connectivity index (χ4v) is 3.17. The van der Waals surface area contributed by atoms with Gasteiger partial charge in [-0.3, -0.25) is 0 Å². The molecule has 1 aliphatic heterocycles. The highest BCUT2D eigenvalue weighted by Gasteiger charge is 2.18. The minimum Gasteiger partial charge on any atom is -0.394 e. The molecule has 0 radical (unpaired) electrons. The molecule has 0 amide bonds. The Hall–Kier alpha value is -1.11. The van der Waals surface area contributed by atoms with Crippen molar-refractivity contribution in [2.45, 2.75) is 32.2 Å². The van der Waals surface area contributed by atoms with Crippen molar-refractivity contribution >= 4 is 42.2 Å². The number of halogens is 3. The molecule has 0 bridgehead atoms. The monoisotopic (exact) mass is 418 g/mol. The maximum Gasteiger partial charge on any atom is 0.133 e. The van der Waals surface area contributed by atoms with Gasteiger partial charge < -0.3 is 15.7 Å². The molecule has 2 aromatic rings. The molecule has 2 heterocycles. The summed E-state index contributed by atoms with van der Waals surface area (Å²) in [5, 5.41) is 17.3. The van der Waals surface area contributed by atoms with Crippen molar-refractivity contribution in [3.63, 3.8) is 0 Å². The Balaban J connectivity index is 0.00000169. The minimum absolute atomic E-state index is 0. The van der Waals surface area contributed by atoms with Gasteiger partial charge in [0.05, 0.1) is 18.3 Å². The predicted octanol–water partition coefficient (Wildman–Crippen LogP) is 2.99. The van der Waals surface area contributed by atoms with Crippen LogP contribution in [0.2, 0.25) is 5.02 Å². The number of aliphatic hydroxyl groups is 1. The smallest absolute Gasteiger partial charge is 0.133 e. The highest BCUT2D eigenvalue weighted by Crippen LogP contribution is 2.21. The molecule has 1 unspecified atom stereocenters. The summed E-state index contributed by atoms with van der Waals surface area (Å²) in [6, 6.07) is 7.63. The van der Waals surface area contributed by atoms with E-state index in [2.05, 4.69) is 20.6 Å². The second-order valence-corrected chi connectivity index (χ2v) is 6.59. The number of hydrogen-bond acceptors (Lipinski definition) is 5. The van der Waals surface area contributed by atoms with Gasteiger partial charge in [0, 0.05) is 23.6 Å². The number of hydrogen-bond donors (Lipinski definition) is 3. The number of fused-ring (bicyclic) bond motifs is 1. The van der Waals surface area contributed by atoms with Crippen molar-refractivity contribution in [3.05, 3.63) is 51.9 Å². The molecule has 3 N–H and O–H groups in total. The topological polar surface area (TPSA) is 70.1 Å². The maximum atomic E-state index is 9.79. The molecule has 1 atom stereocenters. The lowest BCUT2D eigenvalue weighted by molar-refractivity contribution is 0.273. The largest absolute Gasteiger partial charge is 0.394 e. The number of benzene rings is 1. The summed E-state index contributed by atoms with van der Waals surface area (Å²) in [4.78, 5) is 9.18. The van der Waals surface area contributed by atoms with E-state index in [0.717, 1.165) is 53.9 Å². The Bertz CT molecular complexity index is 698. The van der Waals surface area contributed by atoms with E-state index in [1.165, 1.54) is 5.56 Å². The summed E-state index contributed by atoms with van der Waals surface area (Å²) >= 11 is 5.94. The molecule has 5 nitrogen and oxygen atoms in total. The van der Waals surface area contributed by atoms with E-state index >= 15 is 0 Å². The molecule has 0 fully saturated rings. The average molecular weight is 420 g/mol. The van der Waals surface area contributed by atoms with Crippen molar-refractivity contribution in [3.8, 4) is 0 Å². The molecule has 0 aliphatic carbocycles. The van der Waals surface area contributed by atoms with Crippen molar-refractivity contribution in [2.75, 3.05) is 25.0 Å². The van der Waals surface area contributed by atoms with Gasteiger partial charge in [-0.15, -0.1) is 24.8 Å². The Morgan fingerprint density at radius 1 is 1.15 bits per heavy atom. The first-order chi connectivity index (χ1) is 11.7. The van der Waals surface area contributed by atoms with Gasteiger partial charge in [-0.25, -0.2) is 9.97 Å². The van der Waals surface area contributed by atoms with E-state index in [9.17, 15) is 5.11 Å². The van der Waals surface area contributed by atoms with Crippen molar-refractivity contribution in [1.29, 1.82) is 0 Å².